The van der Waals surface area contributed by atoms with Crippen molar-refractivity contribution in [3.8, 4) is 0 Å². The summed E-state index contributed by atoms with van der Waals surface area (Å²) in [6, 6.07) is 4.28. The average molecular weight is 245 g/mol. The molecule has 1 atom stereocenters. The number of nitro groups is 1. The Balaban J connectivity index is 3.12. The van der Waals surface area contributed by atoms with Gasteiger partial charge in [-0.2, -0.15) is 0 Å². The molecule has 0 radical (unpaired) electrons. The summed E-state index contributed by atoms with van der Waals surface area (Å²) >= 11 is 3.24. The predicted octanol–water partition coefficient (Wildman–Crippen LogP) is 2.37. The van der Waals surface area contributed by atoms with Gasteiger partial charge in [0.25, 0.3) is 0 Å². The lowest BCUT2D eigenvalue weighted by Gasteiger charge is -2.06. The molecule has 1 aromatic rings. The fourth-order valence-electron chi connectivity index (χ4n) is 0.996. The van der Waals surface area contributed by atoms with Gasteiger partial charge in [-0.25, -0.2) is 0 Å². The summed E-state index contributed by atoms with van der Waals surface area (Å²) in [7, 11) is 0. The molecule has 0 aliphatic rings. The molecule has 70 valence electrons. The van der Waals surface area contributed by atoms with E-state index in [4.69, 9.17) is 5.73 Å². The van der Waals surface area contributed by atoms with E-state index in [1.165, 1.54) is 6.92 Å². The van der Waals surface area contributed by atoms with Crippen molar-refractivity contribution in [2.45, 2.75) is 13.0 Å². The van der Waals surface area contributed by atoms with Gasteiger partial charge >= 0.3 is 0 Å². The van der Waals surface area contributed by atoms with Crippen molar-refractivity contribution in [3.63, 3.8) is 0 Å². The summed E-state index contributed by atoms with van der Waals surface area (Å²) in [5.74, 6) is 0. The van der Waals surface area contributed by atoms with Gasteiger partial charge in [0.15, 0.2) is 0 Å². The monoisotopic (exact) mass is 244 g/mol. The van der Waals surface area contributed by atoms with Crippen LogP contribution in [0.1, 0.15) is 18.5 Å². The molecule has 0 bridgehead atoms. The average Bonchev–Trinajstić information content (AvgIpc) is 2.08. The number of nitrogens with two attached hydrogens (primary N) is 1. The Hall–Kier alpha value is -1.10. The first-order chi connectivity index (χ1) is 6.02. The molecule has 13 heavy (non-hydrogen) atoms. The number of anilines is 1. The van der Waals surface area contributed by atoms with E-state index in [9.17, 15) is 10.1 Å². The Kier molecular flexibility index (Phi) is 2.87. The highest BCUT2D eigenvalue weighted by atomic mass is 79.9. The van der Waals surface area contributed by atoms with Crippen LogP contribution in [0.4, 0.5) is 5.69 Å². The third kappa shape index (κ3) is 2.18. The molecule has 5 heteroatoms. The van der Waals surface area contributed by atoms with E-state index in [1.807, 2.05) is 0 Å². The summed E-state index contributed by atoms with van der Waals surface area (Å²) in [4.78, 5) is 10.2. The largest absolute Gasteiger partial charge is 0.399 e. The summed E-state index contributed by atoms with van der Waals surface area (Å²) in [6.45, 7) is 1.53. The molecule has 0 aliphatic carbocycles. The van der Waals surface area contributed by atoms with Gasteiger partial charge in [-0.3, -0.25) is 10.1 Å². The third-order valence-corrected chi connectivity index (χ3v) is 2.51. The Morgan fingerprint density at radius 1 is 1.62 bits per heavy atom. The van der Waals surface area contributed by atoms with Crippen LogP contribution in [0.2, 0.25) is 0 Å². The first kappa shape index (κ1) is 9.98. The summed E-state index contributed by atoms with van der Waals surface area (Å²) < 4.78 is 0.714. The minimum absolute atomic E-state index is 0.348. The lowest BCUT2D eigenvalue weighted by atomic mass is 10.1. The van der Waals surface area contributed by atoms with Gasteiger partial charge in [0.2, 0.25) is 6.04 Å². The van der Waals surface area contributed by atoms with Crippen LogP contribution in [-0.2, 0) is 0 Å². The lowest BCUT2D eigenvalue weighted by molar-refractivity contribution is -0.524. The van der Waals surface area contributed by atoms with Gasteiger partial charge < -0.3 is 5.73 Å². The van der Waals surface area contributed by atoms with Crippen LogP contribution in [0.3, 0.4) is 0 Å². The number of benzene rings is 1. The second-order valence-electron chi connectivity index (χ2n) is 2.74. The molecule has 0 saturated carbocycles. The van der Waals surface area contributed by atoms with Crippen LogP contribution in [0.5, 0.6) is 0 Å². The first-order valence-corrected chi connectivity index (χ1v) is 4.50. The minimum atomic E-state index is -0.738. The maximum atomic E-state index is 10.5. The molecule has 0 fully saturated rings. The molecular weight excluding hydrogens is 236 g/mol. The van der Waals surface area contributed by atoms with E-state index in [0.717, 1.165) is 0 Å². The van der Waals surface area contributed by atoms with Crippen LogP contribution in [0.25, 0.3) is 0 Å². The zero-order valence-electron chi connectivity index (χ0n) is 7.03. The number of hydrogen-bond donors (Lipinski definition) is 1. The van der Waals surface area contributed by atoms with E-state index in [0.29, 0.717) is 15.7 Å². The van der Waals surface area contributed by atoms with Crippen molar-refractivity contribution in [2.24, 2.45) is 0 Å². The van der Waals surface area contributed by atoms with Crippen LogP contribution in [0.15, 0.2) is 22.7 Å². The number of hydrogen-bond acceptors (Lipinski definition) is 3. The van der Waals surface area contributed by atoms with E-state index in [-0.39, 0.29) is 4.92 Å². The summed E-state index contributed by atoms with van der Waals surface area (Å²) in [5, 5.41) is 10.5. The van der Waals surface area contributed by atoms with Crippen molar-refractivity contribution < 1.29 is 4.92 Å². The van der Waals surface area contributed by atoms with Crippen LogP contribution in [0, 0.1) is 10.1 Å². The number of halogens is 1. The third-order valence-electron chi connectivity index (χ3n) is 1.79. The number of rotatable bonds is 2. The number of nitrogen functional groups attached to an aromatic ring is 1. The summed E-state index contributed by atoms with van der Waals surface area (Å²) in [5.41, 5.74) is 6.66. The van der Waals surface area contributed by atoms with E-state index in [1.54, 1.807) is 18.2 Å². The van der Waals surface area contributed by atoms with Crippen molar-refractivity contribution in [3.05, 3.63) is 38.3 Å². The van der Waals surface area contributed by atoms with Crippen LogP contribution < -0.4 is 5.73 Å². The first-order valence-electron chi connectivity index (χ1n) is 3.71. The van der Waals surface area contributed by atoms with Gasteiger partial charge in [0, 0.05) is 27.6 Å². The van der Waals surface area contributed by atoms with Gasteiger partial charge in [-0.1, -0.05) is 15.9 Å². The lowest BCUT2D eigenvalue weighted by Crippen LogP contribution is -2.07. The number of nitrogens with zero attached hydrogens (tertiary/aromatic N) is 1. The molecule has 0 aliphatic heterocycles. The molecule has 4 nitrogen and oxygen atoms in total. The highest BCUT2D eigenvalue weighted by Crippen LogP contribution is 2.26. The second-order valence-corrected chi connectivity index (χ2v) is 3.60. The zero-order valence-corrected chi connectivity index (χ0v) is 8.61. The maximum Gasteiger partial charge on any atom is 0.236 e. The Morgan fingerprint density at radius 3 is 2.77 bits per heavy atom. The zero-order chi connectivity index (χ0) is 10.0. The fraction of sp³-hybridized carbons (Fsp3) is 0.250. The predicted molar refractivity (Wildman–Crippen MR) is 54.0 cm³/mol. The van der Waals surface area contributed by atoms with Crippen molar-refractivity contribution >= 4 is 21.6 Å². The molecule has 0 aromatic heterocycles. The second kappa shape index (κ2) is 3.74. The van der Waals surface area contributed by atoms with Crippen molar-refractivity contribution in [1.82, 2.24) is 0 Å². The molecule has 0 heterocycles. The Morgan fingerprint density at radius 2 is 2.23 bits per heavy atom. The summed E-state index contributed by atoms with van der Waals surface area (Å²) in [6.07, 6.45) is 0. The SMILES string of the molecule is CC(c1cc(N)ccc1Br)[N+](=O)[O-]. The minimum Gasteiger partial charge on any atom is -0.399 e. The topological polar surface area (TPSA) is 69.2 Å². The van der Waals surface area contributed by atoms with Crippen molar-refractivity contribution in [1.29, 1.82) is 0 Å². The normalized spacial score (nSPS) is 12.5. The highest BCUT2D eigenvalue weighted by molar-refractivity contribution is 9.10. The van der Waals surface area contributed by atoms with E-state index in [2.05, 4.69) is 15.9 Å². The molecule has 0 saturated heterocycles. The van der Waals surface area contributed by atoms with Gasteiger partial charge in [0.05, 0.1) is 0 Å². The molecule has 1 rings (SSSR count). The molecule has 1 unspecified atom stereocenters. The standard InChI is InChI=1S/C8H9BrN2O2/c1-5(11(12)13)7-4-6(10)2-3-8(7)9/h2-5H,10H2,1H3. The van der Waals surface area contributed by atoms with Crippen LogP contribution in [-0.4, -0.2) is 4.92 Å². The smallest absolute Gasteiger partial charge is 0.236 e. The Labute approximate surface area is 84.0 Å². The van der Waals surface area contributed by atoms with Gasteiger partial charge in [0.1, 0.15) is 0 Å². The molecular formula is C8H9BrN2O2. The van der Waals surface area contributed by atoms with Crippen LogP contribution >= 0.6 is 15.9 Å². The molecule has 1 aromatic carbocycles. The van der Waals surface area contributed by atoms with Gasteiger partial charge in [-0.05, 0) is 18.2 Å². The Bertz CT molecular complexity index is 341. The molecule has 0 spiro atoms. The molecule has 2 N–H and O–H groups in total. The van der Waals surface area contributed by atoms with E-state index < -0.39 is 6.04 Å². The quantitative estimate of drug-likeness (QED) is 0.494. The molecule has 0 amide bonds. The van der Waals surface area contributed by atoms with Gasteiger partial charge in [-0.15, -0.1) is 0 Å². The van der Waals surface area contributed by atoms with E-state index >= 15 is 0 Å². The van der Waals surface area contributed by atoms with Crippen molar-refractivity contribution in [2.75, 3.05) is 5.73 Å². The fourth-order valence-corrected chi connectivity index (χ4v) is 1.57. The highest BCUT2D eigenvalue weighted by Gasteiger charge is 2.18. The maximum absolute atomic E-state index is 10.5.